The van der Waals surface area contributed by atoms with Gasteiger partial charge in [-0.2, -0.15) is 0 Å². The van der Waals surface area contributed by atoms with E-state index in [1.807, 2.05) is 0 Å². The molecule has 0 aliphatic heterocycles. The van der Waals surface area contributed by atoms with Crippen molar-refractivity contribution in [3.05, 3.63) is 18.0 Å². The van der Waals surface area contributed by atoms with Gasteiger partial charge in [-0.3, -0.25) is 4.98 Å². The predicted molar refractivity (Wildman–Crippen MR) is 74.5 cm³/mol. The Morgan fingerprint density at radius 1 is 1.32 bits per heavy atom. The zero-order valence-electron chi connectivity index (χ0n) is 12.1. The highest BCUT2D eigenvalue weighted by atomic mass is 16.5. The Hall–Kier alpha value is -1.33. The molecule has 1 rings (SSSR count). The topological polar surface area (TPSA) is 63.6 Å². The van der Waals surface area contributed by atoms with E-state index in [1.54, 1.807) is 26.5 Å². The monoisotopic (exact) mass is 268 g/mol. The maximum Gasteiger partial charge on any atom is 0.183 e. The predicted octanol–water partition coefficient (Wildman–Crippen LogP) is 1.60. The van der Waals surface area contributed by atoms with Crippen LogP contribution in [0.5, 0.6) is 11.5 Å². The molecule has 0 bridgehead atoms. The van der Waals surface area contributed by atoms with E-state index in [0.29, 0.717) is 30.5 Å². The van der Waals surface area contributed by atoms with Gasteiger partial charge >= 0.3 is 0 Å². The van der Waals surface area contributed by atoms with Crippen LogP contribution < -0.4 is 14.8 Å². The molecule has 1 aromatic rings. The van der Waals surface area contributed by atoms with Crippen molar-refractivity contribution in [2.45, 2.75) is 32.9 Å². The van der Waals surface area contributed by atoms with Gasteiger partial charge in [0.15, 0.2) is 11.5 Å². The van der Waals surface area contributed by atoms with Gasteiger partial charge in [0.05, 0.1) is 26.0 Å². The summed E-state index contributed by atoms with van der Waals surface area (Å²) in [5, 5.41) is 13.0. The number of nitrogens with one attached hydrogen (secondary N) is 1. The fourth-order valence-electron chi connectivity index (χ4n) is 1.96. The molecule has 0 spiro atoms. The summed E-state index contributed by atoms with van der Waals surface area (Å²) in [7, 11) is 3.19. The van der Waals surface area contributed by atoms with Crippen molar-refractivity contribution >= 4 is 0 Å². The standard InChI is InChI=1S/C14H24N2O3/c1-10(2)7-11(17)8-15-9-12-14(19-4)13(18-3)5-6-16-12/h5-6,10-11,15,17H,7-9H2,1-4H3. The van der Waals surface area contributed by atoms with Crippen molar-refractivity contribution in [1.29, 1.82) is 0 Å². The van der Waals surface area contributed by atoms with Crippen molar-refractivity contribution in [2.75, 3.05) is 20.8 Å². The first-order chi connectivity index (χ1) is 9.08. The Morgan fingerprint density at radius 3 is 2.63 bits per heavy atom. The summed E-state index contributed by atoms with van der Waals surface area (Å²) < 4.78 is 10.5. The fourth-order valence-corrected chi connectivity index (χ4v) is 1.96. The summed E-state index contributed by atoms with van der Waals surface area (Å²) in [5.74, 6) is 1.79. The van der Waals surface area contributed by atoms with E-state index in [0.717, 1.165) is 12.1 Å². The van der Waals surface area contributed by atoms with Gasteiger partial charge in [0.1, 0.15) is 0 Å². The first-order valence-electron chi connectivity index (χ1n) is 6.53. The van der Waals surface area contributed by atoms with E-state index in [4.69, 9.17) is 9.47 Å². The number of ether oxygens (including phenoxy) is 2. The average molecular weight is 268 g/mol. The van der Waals surface area contributed by atoms with Crippen molar-refractivity contribution < 1.29 is 14.6 Å². The van der Waals surface area contributed by atoms with Gasteiger partial charge in [0, 0.05) is 25.4 Å². The molecule has 0 fully saturated rings. The molecule has 0 aliphatic rings. The molecular formula is C14H24N2O3. The molecule has 1 atom stereocenters. The van der Waals surface area contributed by atoms with Crippen LogP contribution in [0.4, 0.5) is 0 Å². The molecular weight excluding hydrogens is 244 g/mol. The Morgan fingerprint density at radius 2 is 2.05 bits per heavy atom. The van der Waals surface area contributed by atoms with Crippen LogP contribution in [-0.4, -0.2) is 37.0 Å². The van der Waals surface area contributed by atoms with Crippen LogP contribution in [0.3, 0.4) is 0 Å². The highest BCUT2D eigenvalue weighted by Crippen LogP contribution is 2.28. The van der Waals surface area contributed by atoms with Gasteiger partial charge in [0.25, 0.3) is 0 Å². The lowest BCUT2D eigenvalue weighted by molar-refractivity contribution is 0.146. The largest absolute Gasteiger partial charge is 0.493 e. The molecule has 1 heterocycles. The number of aromatic nitrogens is 1. The molecule has 2 N–H and O–H groups in total. The average Bonchev–Trinajstić information content (AvgIpc) is 2.37. The van der Waals surface area contributed by atoms with Gasteiger partial charge in [-0.1, -0.05) is 13.8 Å². The summed E-state index contributed by atoms with van der Waals surface area (Å²) >= 11 is 0. The van der Waals surface area contributed by atoms with Crippen LogP contribution in [0.25, 0.3) is 0 Å². The summed E-state index contributed by atoms with van der Waals surface area (Å²) in [6.45, 7) is 5.27. The van der Waals surface area contributed by atoms with E-state index in [2.05, 4.69) is 24.1 Å². The highest BCUT2D eigenvalue weighted by Gasteiger charge is 2.12. The summed E-state index contributed by atoms with van der Waals surface area (Å²) in [6.07, 6.45) is 2.13. The number of nitrogens with zero attached hydrogens (tertiary/aromatic N) is 1. The molecule has 5 nitrogen and oxygen atoms in total. The van der Waals surface area contributed by atoms with Crippen LogP contribution in [0.1, 0.15) is 26.0 Å². The molecule has 0 radical (unpaired) electrons. The van der Waals surface area contributed by atoms with Crippen molar-refractivity contribution in [2.24, 2.45) is 5.92 Å². The van der Waals surface area contributed by atoms with Crippen LogP contribution in [0.2, 0.25) is 0 Å². The highest BCUT2D eigenvalue weighted by molar-refractivity contribution is 5.42. The minimum absolute atomic E-state index is 0.336. The first-order valence-corrected chi connectivity index (χ1v) is 6.53. The smallest absolute Gasteiger partial charge is 0.183 e. The van der Waals surface area contributed by atoms with Crippen molar-refractivity contribution in [3.8, 4) is 11.5 Å². The molecule has 19 heavy (non-hydrogen) atoms. The number of pyridine rings is 1. The van der Waals surface area contributed by atoms with Gasteiger partial charge in [0.2, 0.25) is 0 Å². The molecule has 5 heteroatoms. The molecule has 0 saturated heterocycles. The molecule has 0 saturated carbocycles. The third-order valence-corrected chi connectivity index (χ3v) is 2.78. The van der Waals surface area contributed by atoms with E-state index in [1.165, 1.54) is 0 Å². The van der Waals surface area contributed by atoms with Crippen LogP contribution >= 0.6 is 0 Å². The molecule has 0 aliphatic carbocycles. The van der Waals surface area contributed by atoms with Crippen LogP contribution in [0, 0.1) is 5.92 Å². The minimum Gasteiger partial charge on any atom is -0.493 e. The van der Waals surface area contributed by atoms with Crippen molar-refractivity contribution in [1.82, 2.24) is 10.3 Å². The van der Waals surface area contributed by atoms with E-state index < -0.39 is 0 Å². The molecule has 0 aromatic carbocycles. The number of aliphatic hydroxyl groups excluding tert-OH is 1. The number of hydrogen-bond donors (Lipinski definition) is 2. The SMILES string of the molecule is COc1ccnc(CNCC(O)CC(C)C)c1OC. The quantitative estimate of drug-likeness (QED) is 0.749. The Labute approximate surface area is 115 Å². The summed E-state index contributed by atoms with van der Waals surface area (Å²) in [4.78, 5) is 4.27. The lowest BCUT2D eigenvalue weighted by atomic mass is 10.1. The molecule has 108 valence electrons. The Bertz CT molecular complexity index is 383. The third-order valence-electron chi connectivity index (χ3n) is 2.78. The second kappa shape index (κ2) is 7.96. The number of rotatable bonds is 8. The van der Waals surface area contributed by atoms with E-state index >= 15 is 0 Å². The normalized spacial score (nSPS) is 12.5. The van der Waals surface area contributed by atoms with Crippen LogP contribution in [0.15, 0.2) is 12.3 Å². The third kappa shape index (κ3) is 5.04. The van der Waals surface area contributed by atoms with Crippen LogP contribution in [-0.2, 0) is 6.54 Å². The van der Waals surface area contributed by atoms with Gasteiger partial charge in [-0.05, 0) is 12.3 Å². The minimum atomic E-state index is -0.336. The zero-order chi connectivity index (χ0) is 14.3. The maximum absolute atomic E-state index is 9.79. The van der Waals surface area contributed by atoms with E-state index in [9.17, 15) is 5.11 Å². The second-order valence-electron chi connectivity index (χ2n) is 4.91. The Kier molecular flexibility index (Phi) is 6.59. The van der Waals surface area contributed by atoms with Crippen molar-refractivity contribution in [3.63, 3.8) is 0 Å². The summed E-state index contributed by atoms with van der Waals surface area (Å²) in [5.41, 5.74) is 0.776. The number of aliphatic hydroxyl groups is 1. The lowest BCUT2D eigenvalue weighted by Crippen LogP contribution is -2.28. The first kappa shape index (κ1) is 15.7. The van der Waals surface area contributed by atoms with Gasteiger partial charge < -0.3 is 19.9 Å². The fraction of sp³-hybridized carbons (Fsp3) is 0.643. The lowest BCUT2D eigenvalue weighted by Gasteiger charge is -2.15. The van der Waals surface area contributed by atoms with Gasteiger partial charge in [-0.25, -0.2) is 0 Å². The number of methoxy groups -OCH3 is 2. The molecule has 0 amide bonds. The number of hydrogen-bond acceptors (Lipinski definition) is 5. The Balaban J connectivity index is 2.53. The molecule has 1 aromatic heterocycles. The maximum atomic E-state index is 9.79. The van der Waals surface area contributed by atoms with Gasteiger partial charge in [-0.15, -0.1) is 0 Å². The molecule has 1 unspecified atom stereocenters. The summed E-state index contributed by atoms with van der Waals surface area (Å²) in [6, 6.07) is 1.76. The second-order valence-corrected chi connectivity index (χ2v) is 4.91. The zero-order valence-corrected chi connectivity index (χ0v) is 12.1. The van der Waals surface area contributed by atoms with E-state index in [-0.39, 0.29) is 6.10 Å².